The standard InChI is InChI=1S/C14H21N3/c1-2-15-14(17-13-8-9-13)16-11-10-12-6-4-3-5-7-12/h3-7,13H,2,8-11H2,1H3,(H2,15,16,17). The summed E-state index contributed by atoms with van der Waals surface area (Å²) in [5, 5.41) is 6.70. The maximum absolute atomic E-state index is 4.58. The first-order chi connectivity index (χ1) is 8.38. The lowest BCUT2D eigenvalue weighted by atomic mass is 10.2. The molecule has 0 atom stereocenters. The molecule has 2 rings (SSSR count). The zero-order valence-electron chi connectivity index (χ0n) is 10.4. The van der Waals surface area contributed by atoms with E-state index in [2.05, 4.69) is 46.8 Å². The van der Waals surface area contributed by atoms with E-state index >= 15 is 0 Å². The van der Waals surface area contributed by atoms with Gasteiger partial charge in [0.2, 0.25) is 0 Å². The smallest absolute Gasteiger partial charge is 0.191 e. The van der Waals surface area contributed by atoms with Crippen LogP contribution in [0.3, 0.4) is 0 Å². The predicted molar refractivity (Wildman–Crippen MR) is 72.3 cm³/mol. The number of nitrogens with zero attached hydrogens (tertiary/aromatic N) is 1. The van der Waals surface area contributed by atoms with Gasteiger partial charge in [-0.2, -0.15) is 0 Å². The summed E-state index contributed by atoms with van der Waals surface area (Å²) in [4.78, 5) is 4.58. The van der Waals surface area contributed by atoms with Crippen LogP contribution >= 0.6 is 0 Å². The van der Waals surface area contributed by atoms with Crippen molar-refractivity contribution in [2.45, 2.75) is 32.2 Å². The Hall–Kier alpha value is -1.51. The van der Waals surface area contributed by atoms with Crippen molar-refractivity contribution < 1.29 is 0 Å². The first kappa shape index (κ1) is 12.0. The third-order valence-corrected chi connectivity index (χ3v) is 2.78. The van der Waals surface area contributed by atoms with Crippen LogP contribution in [-0.2, 0) is 6.42 Å². The molecule has 0 heterocycles. The number of benzene rings is 1. The molecule has 92 valence electrons. The third kappa shape index (κ3) is 4.47. The Morgan fingerprint density at radius 1 is 1.29 bits per heavy atom. The molecule has 1 aromatic carbocycles. The fraction of sp³-hybridized carbons (Fsp3) is 0.500. The number of rotatable bonds is 5. The molecule has 17 heavy (non-hydrogen) atoms. The number of guanidine groups is 1. The Labute approximate surface area is 103 Å². The molecule has 0 amide bonds. The largest absolute Gasteiger partial charge is 0.357 e. The van der Waals surface area contributed by atoms with E-state index in [0.717, 1.165) is 25.5 Å². The topological polar surface area (TPSA) is 36.4 Å². The van der Waals surface area contributed by atoms with E-state index in [4.69, 9.17) is 0 Å². The van der Waals surface area contributed by atoms with Gasteiger partial charge in [0.25, 0.3) is 0 Å². The molecule has 0 aromatic heterocycles. The highest BCUT2D eigenvalue weighted by Crippen LogP contribution is 2.18. The van der Waals surface area contributed by atoms with Gasteiger partial charge in [0.05, 0.1) is 0 Å². The second-order valence-corrected chi connectivity index (χ2v) is 4.41. The van der Waals surface area contributed by atoms with Crippen LogP contribution in [0.2, 0.25) is 0 Å². The zero-order valence-corrected chi connectivity index (χ0v) is 10.4. The van der Waals surface area contributed by atoms with Crippen LogP contribution in [0.15, 0.2) is 35.3 Å². The minimum atomic E-state index is 0.657. The van der Waals surface area contributed by atoms with Crippen molar-refractivity contribution in [3.05, 3.63) is 35.9 Å². The molecule has 2 N–H and O–H groups in total. The van der Waals surface area contributed by atoms with Crippen LogP contribution in [0.1, 0.15) is 25.3 Å². The summed E-state index contributed by atoms with van der Waals surface area (Å²) in [6.07, 6.45) is 3.56. The van der Waals surface area contributed by atoms with E-state index in [1.807, 2.05) is 6.07 Å². The van der Waals surface area contributed by atoms with Gasteiger partial charge in [-0.1, -0.05) is 30.3 Å². The molecule has 0 saturated heterocycles. The zero-order chi connectivity index (χ0) is 11.9. The van der Waals surface area contributed by atoms with E-state index in [9.17, 15) is 0 Å². The fourth-order valence-corrected chi connectivity index (χ4v) is 1.68. The van der Waals surface area contributed by atoms with Crippen molar-refractivity contribution in [1.29, 1.82) is 0 Å². The number of nitrogens with one attached hydrogen (secondary N) is 2. The summed E-state index contributed by atoms with van der Waals surface area (Å²) in [5.74, 6) is 0.964. The van der Waals surface area contributed by atoms with Gasteiger partial charge in [0, 0.05) is 19.1 Å². The summed E-state index contributed by atoms with van der Waals surface area (Å²) in [5.41, 5.74) is 1.35. The molecule has 3 nitrogen and oxygen atoms in total. The van der Waals surface area contributed by atoms with Gasteiger partial charge < -0.3 is 10.6 Å². The van der Waals surface area contributed by atoms with Crippen molar-refractivity contribution in [3.8, 4) is 0 Å². The maximum Gasteiger partial charge on any atom is 0.191 e. The van der Waals surface area contributed by atoms with E-state index in [-0.39, 0.29) is 0 Å². The minimum absolute atomic E-state index is 0.657. The molecular formula is C14H21N3. The number of hydrogen-bond donors (Lipinski definition) is 2. The fourth-order valence-electron chi connectivity index (χ4n) is 1.68. The van der Waals surface area contributed by atoms with Crippen molar-refractivity contribution in [3.63, 3.8) is 0 Å². The second-order valence-electron chi connectivity index (χ2n) is 4.41. The Morgan fingerprint density at radius 3 is 2.71 bits per heavy atom. The molecule has 0 bridgehead atoms. The predicted octanol–water partition coefficient (Wildman–Crippen LogP) is 1.95. The summed E-state index contributed by atoms with van der Waals surface area (Å²) in [6, 6.07) is 11.2. The molecule has 1 fully saturated rings. The Kier molecular flexibility index (Phi) is 4.42. The summed E-state index contributed by atoms with van der Waals surface area (Å²) >= 11 is 0. The van der Waals surface area contributed by atoms with Crippen LogP contribution in [0.25, 0.3) is 0 Å². The highest BCUT2D eigenvalue weighted by atomic mass is 15.2. The summed E-state index contributed by atoms with van der Waals surface area (Å²) < 4.78 is 0. The van der Waals surface area contributed by atoms with E-state index in [1.165, 1.54) is 18.4 Å². The van der Waals surface area contributed by atoms with Crippen LogP contribution in [0.4, 0.5) is 0 Å². The maximum atomic E-state index is 4.58. The highest BCUT2D eigenvalue weighted by molar-refractivity contribution is 5.80. The highest BCUT2D eigenvalue weighted by Gasteiger charge is 2.21. The van der Waals surface area contributed by atoms with Gasteiger partial charge in [-0.15, -0.1) is 0 Å². The molecule has 3 heteroatoms. The molecule has 0 aliphatic heterocycles. The third-order valence-electron chi connectivity index (χ3n) is 2.78. The average molecular weight is 231 g/mol. The average Bonchev–Trinajstić information content (AvgIpc) is 3.15. The van der Waals surface area contributed by atoms with Crippen LogP contribution < -0.4 is 10.6 Å². The van der Waals surface area contributed by atoms with E-state index in [1.54, 1.807) is 0 Å². The second kappa shape index (κ2) is 6.28. The van der Waals surface area contributed by atoms with Gasteiger partial charge >= 0.3 is 0 Å². The van der Waals surface area contributed by atoms with E-state index < -0.39 is 0 Å². The van der Waals surface area contributed by atoms with Crippen LogP contribution in [-0.4, -0.2) is 25.1 Å². The van der Waals surface area contributed by atoms with Gasteiger partial charge in [-0.3, -0.25) is 4.99 Å². The molecule has 0 radical (unpaired) electrons. The molecule has 1 saturated carbocycles. The van der Waals surface area contributed by atoms with Crippen molar-refractivity contribution in [2.24, 2.45) is 4.99 Å². The normalized spacial score (nSPS) is 15.7. The monoisotopic (exact) mass is 231 g/mol. The van der Waals surface area contributed by atoms with Crippen molar-refractivity contribution >= 4 is 5.96 Å². The van der Waals surface area contributed by atoms with E-state index in [0.29, 0.717) is 6.04 Å². The van der Waals surface area contributed by atoms with Crippen LogP contribution in [0.5, 0.6) is 0 Å². The first-order valence-electron chi connectivity index (χ1n) is 6.47. The molecule has 1 aromatic rings. The number of hydrogen-bond acceptors (Lipinski definition) is 1. The Balaban J connectivity index is 1.79. The Morgan fingerprint density at radius 2 is 2.06 bits per heavy atom. The molecule has 1 aliphatic carbocycles. The minimum Gasteiger partial charge on any atom is -0.357 e. The van der Waals surface area contributed by atoms with Crippen molar-refractivity contribution in [2.75, 3.05) is 13.1 Å². The molecular weight excluding hydrogens is 210 g/mol. The first-order valence-corrected chi connectivity index (χ1v) is 6.47. The van der Waals surface area contributed by atoms with Gasteiger partial charge in [-0.25, -0.2) is 0 Å². The number of aliphatic imine (C=N–C) groups is 1. The SMILES string of the molecule is CCNC(=NCCc1ccccc1)NC1CC1. The van der Waals surface area contributed by atoms with Gasteiger partial charge in [-0.05, 0) is 31.7 Å². The quantitative estimate of drug-likeness (QED) is 0.600. The molecule has 1 aliphatic rings. The lowest BCUT2D eigenvalue weighted by Crippen LogP contribution is -2.38. The van der Waals surface area contributed by atoms with Gasteiger partial charge in [0.15, 0.2) is 5.96 Å². The lowest BCUT2D eigenvalue weighted by Gasteiger charge is -2.09. The van der Waals surface area contributed by atoms with Crippen molar-refractivity contribution in [1.82, 2.24) is 10.6 Å². The summed E-state index contributed by atoms with van der Waals surface area (Å²) in [6.45, 7) is 3.86. The van der Waals surface area contributed by atoms with Gasteiger partial charge in [0.1, 0.15) is 0 Å². The summed E-state index contributed by atoms with van der Waals surface area (Å²) in [7, 11) is 0. The molecule has 0 unspecified atom stereocenters. The molecule has 0 spiro atoms. The lowest BCUT2D eigenvalue weighted by molar-refractivity contribution is 0.808. The Bertz CT molecular complexity index is 355. The van der Waals surface area contributed by atoms with Crippen LogP contribution in [0, 0.1) is 0 Å².